The Balaban J connectivity index is 1.52. The van der Waals surface area contributed by atoms with Crippen LogP contribution in [0, 0.1) is 0 Å². The summed E-state index contributed by atoms with van der Waals surface area (Å²) in [5.74, 6) is 0.261. The summed E-state index contributed by atoms with van der Waals surface area (Å²) in [4.78, 5) is 12.6. The molecule has 0 radical (unpaired) electrons. The van der Waals surface area contributed by atoms with Crippen molar-refractivity contribution in [2.75, 3.05) is 18.4 Å². The lowest BCUT2D eigenvalue weighted by molar-refractivity contribution is -0.122. The van der Waals surface area contributed by atoms with E-state index in [1.165, 1.54) is 16.4 Å². The van der Waals surface area contributed by atoms with Crippen LogP contribution in [0.15, 0.2) is 41.3 Å². The summed E-state index contributed by atoms with van der Waals surface area (Å²) in [6, 6.07) is 9.65. The molecule has 148 valence electrons. The van der Waals surface area contributed by atoms with Gasteiger partial charge in [-0.3, -0.25) is 4.79 Å². The molecule has 6 nitrogen and oxygen atoms in total. The van der Waals surface area contributed by atoms with Crippen molar-refractivity contribution in [2.24, 2.45) is 0 Å². The zero-order valence-corrected chi connectivity index (χ0v) is 17.1. The molecule has 4 rings (SSSR count). The molecule has 0 aliphatic carbocycles. The summed E-state index contributed by atoms with van der Waals surface area (Å²) in [6.45, 7) is 0.956. The third kappa shape index (κ3) is 3.72. The quantitative estimate of drug-likeness (QED) is 0.785. The van der Waals surface area contributed by atoms with Gasteiger partial charge in [0.1, 0.15) is 10.6 Å². The van der Waals surface area contributed by atoms with Gasteiger partial charge in [-0.05, 0) is 54.8 Å². The first-order valence-electron chi connectivity index (χ1n) is 8.90. The molecule has 1 unspecified atom stereocenters. The number of carbonyl (C=O) groups is 1. The number of fused-ring (bicyclic) bond motifs is 1. The highest BCUT2D eigenvalue weighted by Gasteiger charge is 2.31. The lowest BCUT2D eigenvalue weighted by atomic mass is 10.1. The molecule has 1 atom stereocenters. The number of nitrogens with zero attached hydrogens (tertiary/aromatic N) is 1. The molecule has 2 aromatic carbocycles. The second-order valence-corrected chi connectivity index (χ2v) is 9.56. The summed E-state index contributed by atoms with van der Waals surface area (Å²) in [5.41, 5.74) is 1.21. The van der Waals surface area contributed by atoms with E-state index in [9.17, 15) is 13.2 Å². The Kier molecular flexibility index (Phi) is 5.26. The molecular formula is C19H18Cl2N2O4S. The zero-order chi connectivity index (χ0) is 19.9. The van der Waals surface area contributed by atoms with Crippen molar-refractivity contribution in [1.82, 2.24) is 4.31 Å². The van der Waals surface area contributed by atoms with Crippen LogP contribution in [0.5, 0.6) is 5.75 Å². The van der Waals surface area contributed by atoms with Gasteiger partial charge < -0.3 is 10.1 Å². The monoisotopic (exact) mass is 440 g/mol. The lowest BCUT2D eigenvalue weighted by Crippen LogP contribution is -2.31. The van der Waals surface area contributed by atoms with Crippen LogP contribution >= 0.6 is 23.2 Å². The number of benzene rings is 2. The fourth-order valence-electron chi connectivity index (χ4n) is 3.43. The first-order valence-corrected chi connectivity index (χ1v) is 11.1. The topological polar surface area (TPSA) is 75.7 Å². The molecule has 2 aromatic rings. The SMILES string of the molecule is O=C(Nc1ccc(Cl)c(S(=O)(=O)N2CCCC2)c1)C1Cc2cc(Cl)ccc2O1. The van der Waals surface area contributed by atoms with E-state index in [1.807, 2.05) is 0 Å². The Bertz CT molecular complexity index is 1040. The molecular weight excluding hydrogens is 423 g/mol. The number of hydrogen-bond acceptors (Lipinski definition) is 4. The predicted molar refractivity (Wildman–Crippen MR) is 108 cm³/mol. The van der Waals surface area contributed by atoms with Gasteiger partial charge in [0.15, 0.2) is 6.10 Å². The Labute approximate surface area is 173 Å². The van der Waals surface area contributed by atoms with Gasteiger partial charge in [0, 0.05) is 30.2 Å². The Hall–Kier alpha value is -1.80. The van der Waals surface area contributed by atoms with Crippen molar-refractivity contribution in [3.8, 4) is 5.75 Å². The number of carbonyl (C=O) groups excluding carboxylic acids is 1. The molecule has 0 aromatic heterocycles. The fourth-order valence-corrected chi connectivity index (χ4v) is 5.64. The molecule has 1 N–H and O–H groups in total. The van der Waals surface area contributed by atoms with Gasteiger partial charge in [0.05, 0.1) is 5.02 Å². The van der Waals surface area contributed by atoms with Gasteiger partial charge in [-0.15, -0.1) is 0 Å². The minimum atomic E-state index is -3.69. The zero-order valence-electron chi connectivity index (χ0n) is 14.8. The third-order valence-electron chi connectivity index (χ3n) is 4.87. The highest BCUT2D eigenvalue weighted by Crippen LogP contribution is 2.33. The Morgan fingerprint density at radius 1 is 1.11 bits per heavy atom. The number of amides is 1. The summed E-state index contributed by atoms with van der Waals surface area (Å²) in [6.07, 6.45) is 1.35. The van der Waals surface area contributed by atoms with Crippen molar-refractivity contribution in [1.29, 1.82) is 0 Å². The van der Waals surface area contributed by atoms with Crippen molar-refractivity contribution < 1.29 is 17.9 Å². The van der Waals surface area contributed by atoms with Crippen molar-refractivity contribution in [2.45, 2.75) is 30.3 Å². The average molecular weight is 441 g/mol. The number of hydrogen-bond donors (Lipinski definition) is 1. The second kappa shape index (κ2) is 7.55. The maximum atomic E-state index is 12.8. The largest absolute Gasteiger partial charge is 0.480 e. The maximum absolute atomic E-state index is 12.8. The Morgan fingerprint density at radius 3 is 2.61 bits per heavy atom. The molecule has 2 heterocycles. The molecule has 9 heteroatoms. The van der Waals surface area contributed by atoms with E-state index in [-0.39, 0.29) is 15.8 Å². The molecule has 1 saturated heterocycles. The number of anilines is 1. The summed E-state index contributed by atoms with van der Waals surface area (Å²) in [7, 11) is -3.69. The van der Waals surface area contributed by atoms with Crippen LogP contribution in [-0.2, 0) is 21.2 Å². The van der Waals surface area contributed by atoms with E-state index in [4.69, 9.17) is 27.9 Å². The van der Waals surface area contributed by atoms with E-state index < -0.39 is 16.1 Å². The van der Waals surface area contributed by atoms with Gasteiger partial charge in [-0.1, -0.05) is 23.2 Å². The number of ether oxygens (including phenoxy) is 1. The predicted octanol–water partition coefficient (Wildman–Crippen LogP) is 3.72. The molecule has 0 bridgehead atoms. The van der Waals surface area contributed by atoms with Gasteiger partial charge in [0.25, 0.3) is 5.91 Å². The van der Waals surface area contributed by atoms with Crippen molar-refractivity contribution >= 4 is 44.8 Å². The molecule has 0 spiro atoms. The van der Waals surface area contributed by atoms with Crippen LogP contribution in [0.2, 0.25) is 10.0 Å². The number of sulfonamides is 1. The van der Waals surface area contributed by atoms with Crippen LogP contribution in [0.3, 0.4) is 0 Å². The van der Waals surface area contributed by atoms with Gasteiger partial charge in [-0.25, -0.2) is 8.42 Å². The van der Waals surface area contributed by atoms with Gasteiger partial charge >= 0.3 is 0 Å². The van der Waals surface area contributed by atoms with Crippen molar-refractivity contribution in [3.05, 3.63) is 52.0 Å². The molecule has 1 amide bonds. The third-order valence-corrected chi connectivity index (χ3v) is 7.49. The van der Waals surface area contributed by atoms with Crippen LogP contribution in [-0.4, -0.2) is 37.8 Å². The highest BCUT2D eigenvalue weighted by atomic mass is 35.5. The molecule has 0 saturated carbocycles. The highest BCUT2D eigenvalue weighted by molar-refractivity contribution is 7.89. The minimum absolute atomic E-state index is 0.00345. The van der Waals surface area contributed by atoms with Crippen LogP contribution < -0.4 is 10.1 Å². The molecule has 2 aliphatic rings. The number of nitrogens with one attached hydrogen (secondary N) is 1. The van der Waals surface area contributed by atoms with E-state index in [0.29, 0.717) is 36.0 Å². The maximum Gasteiger partial charge on any atom is 0.265 e. The van der Waals surface area contributed by atoms with Gasteiger partial charge in [-0.2, -0.15) is 4.31 Å². The normalized spacial score (nSPS) is 19.3. The van der Waals surface area contributed by atoms with Gasteiger partial charge in [0.2, 0.25) is 10.0 Å². The smallest absolute Gasteiger partial charge is 0.265 e. The van der Waals surface area contributed by atoms with Crippen LogP contribution in [0.4, 0.5) is 5.69 Å². The molecule has 2 aliphatic heterocycles. The Morgan fingerprint density at radius 2 is 1.86 bits per heavy atom. The molecule has 28 heavy (non-hydrogen) atoms. The summed E-state index contributed by atoms with van der Waals surface area (Å²) in [5, 5.41) is 3.44. The van der Waals surface area contributed by atoms with Crippen LogP contribution in [0.25, 0.3) is 0 Å². The van der Waals surface area contributed by atoms with E-state index in [0.717, 1.165) is 18.4 Å². The first-order chi connectivity index (χ1) is 13.3. The fraction of sp³-hybridized carbons (Fsp3) is 0.316. The van der Waals surface area contributed by atoms with Crippen molar-refractivity contribution in [3.63, 3.8) is 0 Å². The summed E-state index contributed by atoms with van der Waals surface area (Å²) < 4.78 is 32.7. The summed E-state index contributed by atoms with van der Waals surface area (Å²) >= 11 is 12.1. The number of halogens is 2. The average Bonchev–Trinajstić information content (AvgIpc) is 3.32. The van der Waals surface area contributed by atoms with E-state index in [2.05, 4.69) is 5.32 Å². The van der Waals surface area contributed by atoms with E-state index in [1.54, 1.807) is 24.3 Å². The molecule has 1 fully saturated rings. The first kappa shape index (κ1) is 19.5. The minimum Gasteiger partial charge on any atom is -0.480 e. The second-order valence-electron chi connectivity index (χ2n) is 6.81. The number of rotatable bonds is 4. The van der Waals surface area contributed by atoms with Crippen LogP contribution in [0.1, 0.15) is 18.4 Å². The lowest BCUT2D eigenvalue weighted by Gasteiger charge is -2.18. The van der Waals surface area contributed by atoms with E-state index >= 15 is 0 Å². The standard InChI is InChI=1S/C19H18Cl2N2O4S/c20-13-3-6-16-12(9-13)10-17(27-16)19(24)22-14-4-5-15(21)18(11-14)28(25,26)23-7-1-2-8-23/h3-6,9,11,17H,1-2,7-8,10H2,(H,22,24).